The maximum absolute atomic E-state index is 12.2. The normalized spacial score (nSPS) is 18.9. The number of amides is 1. The van der Waals surface area contributed by atoms with Gasteiger partial charge in [0.05, 0.1) is 22.8 Å². The van der Waals surface area contributed by atoms with Gasteiger partial charge in [-0.15, -0.1) is 0 Å². The van der Waals surface area contributed by atoms with Crippen LogP contribution in [0.15, 0.2) is 43.0 Å². The third kappa shape index (κ3) is 4.29. The fraction of sp³-hybridized carbons (Fsp3) is 0.312. The molecule has 7 nitrogen and oxygen atoms in total. The number of hydrogen-bond acceptors (Lipinski definition) is 6. The van der Waals surface area contributed by atoms with Crippen molar-refractivity contribution in [1.82, 2.24) is 15.3 Å². The summed E-state index contributed by atoms with van der Waals surface area (Å²) in [6.07, 6.45) is 7.00. The van der Waals surface area contributed by atoms with Crippen molar-refractivity contribution in [3.63, 3.8) is 0 Å². The van der Waals surface area contributed by atoms with Gasteiger partial charge in [0.1, 0.15) is 0 Å². The molecule has 1 fully saturated rings. The Kier molecular flexibility index (Phi) is 4.75. The summed E-state index contributed by atoms with van der Waals surface area (Å²) in [6, 6.07) is 5.23. The average molecular weight is 346 g/mol. The van der Waals surface area contributed by atoms with Gasteiger partial charge in [-0.1, -0.05) is 6.07 Å². The van der Waals surface area contributed by atoms with Gasteiger partial charge >= 0.3 is 0 Å². The number of hydrogen-bond donors (Lipinski definition) is 2. The lowest BCUT2D eigenvalue weighted by Gasteiger charge is -2.13. The maximum atomic E-state index is 12.2. The lowest BCUT2D eigenvalue weighted by atomic mass is 10.2. The second-order valence-electron chi connectivity index (χ2n) is 5.75. The van der Waals surface area contributed by atoms with E-state index in [9.17, 15) is 13.2 Å². The number of nitrogens with zero attached hydrogens (tertiary/aromatic N) is 2. The van der Waals surface area contributed by atoms with Crippen LogP contribution < -0.4 is 10.6 Å². The van der Waals surface area contributed by atoms with Gasteiger partial charge in [0.15, 0.2) is 9.84 Å². The SMILES string of the molecule is O=C(NCc1cccnc1)c1cncc(NC2CCS(=O)(=O)C2)c1. The van der Waals surface area contributed by atoms with E-state index in [1.165, 1.54) is 6.20 Å². The quantitative estimate of drug-likeness (QED) is 0.838. The van der Waals surface area contributed by atoms with E-state index >= 15 is 0 Å². The highest BCUT2D eigenvalue weighted by atomic mass is 32.2. The van der Waals surface area contributed by atoms with Crippen molar-refractivity contribution in [1.29, 1.82) is 0 Å². The van der Waals surface area contributed by atoms with Crippen LogP contribution in [0.25, 0.3) is 0 Å². The zero-order valence-electron chi connectivity index (χ0n) is 13.0. The first-order valence-corrected chi connectivity index (χ1v) is 9.43. The number of carbonyl (C=O) groups excluding carboxylic acids is 1. The molecule has 1 saturated heterocycles. The molecule has 1 atom stereocenters. The summed E-state index contributed by atoms with van der Waals surface area (Å²) < 4.78 is 23.0. The van der Waals surface area contributed by atoms with Crippen molar-refractivity contribution in [3.05, 3.63) is 54.1 Å². The number of aromatic nitrogens is 2. The molecule has 0 radical (unpaired) electrons. The lowest BCUT2D eigenvalue weighted by Crippen LogP contribution is -2.24. The Labute approximate surface area is 140 Å². The summed E-state index contributed by atoms with van der Waals surface area (Å²) in [5.41, 5.74) is 1.97. The van der Waals surface area contributed by atoms with Gasteiger partial charge in [-0.25, -0.2) is 8.42 Å². The van der Waals surface area contributed by atoms with E-state index in [2.05, 4.69) is 20.6 Å². The summed E-state index contributed by atoms with van der Waals surface area (Å²) >= 11 is 0. The van der Waals surface area contributed by atoms with E-state index < -0.39 is 9.84 Å². The van der Waals surface area contributed by atoms with E-state index in [1.807, 2.05) is 12.1 Å². The van der Waals surface area contributed by atoms with Crippen LogP contribution in [0.4, 0.5) is 5.69 Å². The predicted octanol–water partition coefficient (Wildman–Crippen LogP) is 1.01. The minimum Gasteiger partial charge on any atom is -0.380 e. The number of rotatable bonds is 5. The first-order chi connectivity index (χ1) is 11.5. The molecule has 0 spiro atoms. The lowest BCUT2D eigenvalue weighted by molar-refractivity contribution is 0.0950. The van der Waals surface area contributed by atoms with Gasteiger partial charge in [-0.3, -0.25) is 14.8 Å². The number of carbonyl (C=O) groups is 1. The van der Waals surface area contributed by atoms with Crippen LogP contribution in [0.2, 0.25) is 0 Å². The molecule has 1 aliphatic rings. The molecule has 0 aromatic carbocycles. The fourth-order valence-electron chi connectivity index (χ4n) is 2.57. The largest absolute Gasteiger partial charge is 0.380 e. The van der Waals surface area contributed by atoms with E-state index in [4.69, 9.17) is 0 Å². The zero-order chi connectivity index (χ0) is 17.0. The molecular formula is C16H18N4O3S. The number of pyridine rings is 2. The second kappa shape index (κ2) is 6.96. The van der Waals surface area contributed by atoms with Gasteiger partial charge in [0, 0.05) is 37.4 Å². The van der Waals surface area contributed by atoms with Gasteiger partial charge in [0.25, 0.3) is 5.91 Å². The maximum Gasteiger partial charge on any atom is 0.253 e. The molecule has 1 amide bonds. The van der Waals surface area contributed by atoms with E-state index in [1.54, 1.807) is 24.7 Å². The Morgan fingerprint density at radius 1 is 1.25 bits per heavy atom. The molecule has 0 bridgehead atoms. The van der Waals surface area contributed by atoms with Crippen molar-refractivity contribution < 1.29 is 13.2 Å². The van der Waals surface area contributed by atoms with E-state index in [0.29, 0.717) is 24.2 Å². The predicted molar refractivity (Wildman–Crippen MR) is 90.3 cm³/mol. The average Bonchev–Trinajstić information content (AvgIpc) is 2.92. The minimum absolute atomic E-state index is 0.116. The number of nitrogens with one attached hydrogen (secondary N) is 2. The van der Waals surface area contributed by atoms with Crippen LogP contribution in [-0.2, 0) is 16.4 Å². The third-order valence-electron chi connectivity index (χ3n) is 3.78. The van der Waals surface area contributed by atoms with Crippen LogP contribution >= 0.6 is 0 Å². The van der Waals surface area contributed by atoms with Gasteiger partial charge in [-0.05, 0) is 24.1 Å². The topological polar surface area (TPSA) is 101 Å². The summed E-state index contributed by atoms with van der Waals surface area (Å²) in [5, 5.41) is 5.94. The van der Waals surface area contributed by atoms with Crippen molar-refractivity contribution in [2.75, 3.05) is 16.8 Å². The van der Waals surface area contributed by atoms with Crippen LogP contribution in [0.5, 0.6) is 0 Å². The van der Waals surface area contributed by atoms with Crippen LogP contribution in [-0.4, -0.2) is 41.8 Å². The van der Waals surface area contributed by atoms with Gasteiger partial charge in [0.2, 0.25) is 0 Å². The molecule has 1 unspecified atom stereocenters. The monoisotopic (exact) mass is 346 g/mol. The molecule has 126 valence electrons. The minimum atomic E-state index is -2.95. The summed E-state index contributed by atoms with van der Waals surface area (Å²) in [4.78, 5) is 20.3. The molecule has 2 aromatic rings. The molecule has 0 aliphatic carbocycles. The van der Waals surface area contributed by atoms with E-state index in [0.717, 1.165) is 5.56 Å². The highest BCUT2D eigenvalue weighted by Crippen LogP contribution is 2.17. The van der Waals surface area contributed by atoms with Crippen molar-refractivity contribution >= 4 is 21.4 Å². The first kappa shape index (κ1) is 16.4. The molecule has 3 heterocycles. The molecule has 2 N–H and O–H groups in total. The van der Waals surface area contributed by atoms with Crippen molar-refractivity contribution in [2.24, 2.45) is 0 Å². The molecule has 0 saturated carbocycles. The van der Waals surface area contributed by atoms with E-state index in [-0.39, 0.29) is 23.5 Å². The third-order valence-corrected chi connectivity index (χ3v) is 5.55. The van der Waals surface area contributed by atoms with Gasteiger partial charge in [-0.2, -0.15) is 0 Å². The summed E-state index contributed by atoms with van der Waals surface area (Å²) in [7, 11) is -2.95. The highest BCUT2D eigenvalue weighted by Gasteiger charge is 2.27. The fourth-order valence-corrected chi connectivity index (χ4v) is 4.25. The second-order valence-corrected chi connectivity index (χ2v) is 7.98. The molecule has 2 aromatic heterocycles. The smallest absolute Gasteiger partial charge is 0.253 e. The zero-order valence-corrected chi connectivity index (χ0v) is 13.8. The Morgan fingerprint density at radius 2 is 2.12 bits per heavy atom. The molecule has 24 heavy (non-hydrogen) atoms. The number of anilines is 1. The molecule has 3 rings (SSSR count). The Bertz CT molecular complexity index is 824. The van der Waals surface area contributed by atoms with Crippen LogP contribution in [0.3, 0.4) is 0 Å². The van der Waals surface area contributed by atoms with Crippen molar-refractivity contribution in [3.8, 4) is 0 Å². The Hall–Kier alpha value is -2.48. The molecule has 1 aliphatic heterocycles. The Balaban J connectivity index is 1.61. The molecular weight excluding hydrogens is 328 g/mol. The first-order valence-electron chi connectivity index (χ1n) is 7.61. The van der Waals surface area contributed by atoms with Crippen molar-refractivity contribution in [2.45, 2.75) is 19.0 Å². The van der Waals surface area contributed by atoms with Crippen LogP contribution in [0, 0.1) is 0 Å². The highest BCUT2D eigenvalue weighted by molar-refractivity contribution is 7.91. The van der Waals surface area contributed by atoms with Gasteiger partial charge < -0.3 is 10.6 Å². The standard InChI is InChI=1S/C16H18N4O3S/c21-16(19-8-12-2-1-4-17-7-12)13-6-15(10-18-9-13)20-14-3-5-24(22,23)11-14/h1-2,4,6-7,9-10,14,20H,3,5,8,11H2,(H,19,21). The van der Waals surface area contributed by atoms with Crippen LogP contribution in [0.1, 0.15) is 22.3 Å². The summed E-state index contributed by atoms with van der Waals surface area (Å²) in [5.74, 6) is 0.0717. The number of sulfone groups is 1. The summed E-state index contributed by atoms with van der Waals surface area (Å²) in [6.45, 7) is 0.380. The Morgan fingerprint density at radius 3 is 2.83 bits per heavy atom. The molecule has 8 heteroatoms.